The van der Waals surface area contributed by atoms with E-state index < -0.39 is 12.0 Å². The van der Waals surface area contributed by atoms with Crippen LogP contribution < -0.4 is 4.74 Å². The van der Waals surface area contributed by atoms with Crippen molar-refractivity contribution in [3.05, 3.63) is 64.9 Å². The van der Waals surface area contributed by atoms with Crippen LogP contribution in [0, 0.1) is 12.8 Å². The number of allylic oxidation sites excluding steroid dienone is 1. The average molecular weight is 511 g/mol. The van der Waals surface area contributed by atoms with Crippen LogP contribution in [-0.2, 0) is 33.7 Å². The molecule has 0 saturated heterocycles. The summed E-state index contributed by atoms with van der Waals surface area (Å²) in [5.74, 6) is 1.36. The molecule has 8 heteroatoms. The molecule has 0 fully saturated rings. The van der Waals surface area contributed by atoms with Gasteiger partial charge in [0.25, 0.3) is 0 Å². The molecule has 0 unspecified atom stereocenters. The quantitative estimate of drug-likeness (QED) is 0.299. The first-order chi connectivity index (χ1) is 17.8. The molecule has 8 nitrogen and oxygen atoms in total. The van der Waals surface area contributed by atoms with Gasteiger partial charge in [-0.15, -0.1) is 0 Å². The van der Waals surface area contributed by atoms with Crippen molar-refractivity contribution in [2.45, 2.75) is 66.0 Å². The number of aliphatic carboxylic acids is 1. The molecule has 0 spiro atoms. The number of nitrogens with zero attached hydrogens (tertiary/aromatic N) is 2. The fourth-order valence-corrected chi connectivity index (χ4v) is 4.17. The predicted molar refractivity (Wildman–Crippen MR) is 141 cm³/mol. The van der Waals surface area contributed by atoms with E-state index in [0.717, 1.165) is 35.4 Å². The molecular weight excluding hydrogens is 472 g/mol. The van der Waals surface area contributed by atoms with E-state index in [1.807, 2.05) is 38.1 Å². The maximum atomic E-state index is 12.7. The topological polar surface area (TPSA) is 102 Å². The summed E-state index contributed by atoms with van der Waals surface area (Å²) in [6.07, 6.45) is 9.98. The molecule has 2 heterocycles. The summed E-state index contributed by atoms with van der Waals surface area (Å²) in [6, 6.07) is 4.70. The highest BCUT2D eigenvalue weighted by atomic mass is 16.5. The van der Waals surface area contributed by atoms with Gasteiger partial charge >= 0.3 is 5.97 Å². The summed E-state index contributed by atoms with van der Waals surface area (Å²) in [6.45, 7) is 9.66. The Balaban J connectivity index is 1.60. The highest BCUT2D eigenvalue weighted by molar-refractivity contribution is 5.91. The summed E-state index contributed by atoms with van der Waals surface area (Å²) >= 11 is 0. The van der Waals surface area contributed by atoms with E-state index in [1.165, 1.54) is 11.0 Å². The summed E-state index contributed by atoms with van der Waals surface area (Å²) in [4.78, 5) is 30.5. The second-order valence-electron chi connectivity index (χ2n) is 9.54. The van der Waals surface area contributed by atoms with E-state index >= 15 is 0 Å². The van der Waals surface area contributed by atoms with Crippen LogP contribution in [0.3, 0.4) is 0 Å². The van der Waals surface area contributed by atoms with Gasteiger partial charge < -0.3 is 23.9 Å². The number of aryl methyl sites for hydroxylation is 1. The van der Waals surface area contributed by atoms with Crippen LogP contribution in [0.2, 0.25) is 0 Å². The lowest BCUT2D eigenvalue weighted by Gasteiger charge is -2.34. The molecule has 0 bridgehead atoms. The molecule has 37 heavy (non-hydrogen) atoms. The lowest BCUT2D eigenvalue weighted by atomic mass is 9.93. The van der Waals surface area contributed by atoms with Crippen molar-refractivity contribution >= 4 is 18.0 Å². The normalized spacial score (nSPS) is 15.6. The third-order valence-electron chi connectivity index (χ3n) is 6.24. The molecule has 0 aliphatic carbocycles. The third kappa shape index (κ3) is 8.32. The highest BCUT2D eigenvalue weighted by Crippen LogP contribution is 2.28. The number of fused-ring (bicyclic) bond motifs is 1. The molecule has 1 aromatic heterocycles. The standard InChI is InChI=1S/C29H38N2O6/c1-5-35-15-8-11-28(32)31-19-23-17-24(13-12-22(23)18-26(31)29(33)34)36-16-14-25-21(4)37-27(30-25)10-7-6-9-20(2)3/h7-8,10-13,17,20,26H,5-6,9,14-16,18-19H2,1-4H3,(H,33,34)/b10-7+,11-8+/t26-/m0/s1. The van der Waals surface area contributed by atoms with E-state index in [2.05, 4.69) is 24.9 Å². The molecule has 1 N–H and O–H groups in total. The van der Waals surface area contributed by atoms with E-state index in [4.69, 9.17) is 13.9 Å². The van der Waals surface area contributed by atoms with Gasteiger partial charge in [-0.3, -0.25) is 4.79 Å². The molecule has 0 radical (unpaired) electrons. The van der Waals surface area contributed by atoms with Crippen molar-refractivity contribution in [1.82, 2.24) is 9.88 Å². The SMILES string of the molecule is CCOC/C=C/C(=O)N1Cc2cc(OCCc3nc(/C=C/CCC(C)C)oc3C)ccc2C[C@H]1C(=O)O. The Hall–Kier alpha value is -3.39. The molecule has 1 aliphatic rings. The fourth-order valence-electron chi connectivity index (χ4n) is 4.17. The zero-order valence-corrected chi connectivity index (χ0v) is 22.2. The molecule has 1 atom stereocenters. The summed E-state index contributed by atoms with van der Waals surface area (Å²) in [5, 5.41) is 9.69. The van der Waals surface area contributed by atoms with E-state index in [9.17, 15) is 14.7 Å². The monoisotopic (exact) mass is 510 g/mol. The van der Waals surface area contributed by atoms with Gasteiger partial charge in [-0.1, -0.05) is 32.1 Å². The van der Waals surface area contributed by atoms with Crippen molar-refractivity contribution < 1.29 is 28.6 Å². The Morgan fingerprint density at radius 3 is 2.81 bits per heavy atom. The van der Waals surface area contributed by atoms with Crippen LogP contribution in [0.1, 0.15) is 62.1 Å². The van der Waals surface area contributed by atoms with Gasteiger partial charge in [-0.25, -0.2) is 9.78 Å². The fraction of sp³-hybridized carbons (Fsp3) is 0.483. The van der Waals surface area contributed by atoms with Crippen molar-refractivity contribution in [3.63, 3.8) is 0 Å². The van der Waals surface area contributed by atoms with Gasteiger partial charge in [0, 0.05) is 32.1 Å². The van der Waals surface area contributed by atoms with E-state index in [0.29, 0.717) is 43.8 Å². The Morgan fingerprint density at radius 1 is 1.27 bits per heavy atom. The average Bonchev–Trinajstić information content (AvgIpc) is 3.22. The summed E-state index contributed by atoms with van der Waals surface area (Å²) in [7, 11) is 0. The minimum atomic E-state index is -1.02. The Morgan fingerprint density at radius 2 is 2.08 bits per heavy atom. The van der Waals surface area contributed by atoms with Crippen LogP contribution in [0.5, 0.6) is 5.75 Å². The zero-order valence-electron chi connectivity index (χ0n) is 22.2. The van der Waals surface area contributed by atoms with Crippen molar-refractivity contribution in [2.75, 3.05) is 19.8 Å². The molecule has 1 aliphatic heterocycles. The van der Waals surface area contributed by atoms with Gasteiger partial charge in [0.1, 0.15) is 17.6 Å². The first-order valence-electron chi connectivity index (χ1n) is 12.9. The number of ether oxygens (including phenoxy) is 2. The van der Waals surface area contributed by atoms with Crippen molar-refractivity contribution in [3.8, 4) is 5.75 Å². The van der Waals surface area contributed by atoms with Gasteiger partial charge in [0.15, 0.2) is 0 Å². The summed E-state index contributed by atoms with van der Waals surface area (Å²) < 4.78 is 16.9. The molecule has 1 aromatic carbocycles. The number of benzene rings is 1. The molecular formula is C29H38N2O6. The number of carbonyl (C=O) groups is 2. The number of oxazole rings is 1. The van der Waals surface area contributed by atoms with Crippen LogP contribution >= 0.6 is 0 Å². The first-order valence-corrected chi connectivity index (χ1v) is 12.9. The number of hydrogen-bond donors (Lipinski definition) is 1. The Labute approximate surface area is 219 Å². The van der Waals surface area contributed by atoms with E-state index in [-0.39, 0.29) is 18.9 Å². The Bertz CT molecular complexity index is 1120. The van der Waals surface area contributed by atoms with Crippen LogP contribution in [0.25, 0.3) is 6.08 Å². The maximum Gasteiger partial charge on any atom is 0.326 e. The number of hydrogen-bond acceptors (Lipinski definition) is 6. The number of aromatic nitrogens is 1. The number of carboxylic acid groups (broad SMARTS) is 1. The largest absolute Gasteiger partial charge is 0.493 e. The van der Waals surface area contributed by atoms with Gasteiger partial charge in [-0.2, -0.15) is 0 Å². The molecule has 1 amide bonds. The number of rotatable bonds is 13. The molecule has 2 aromatic rings. The second kappa shape index (κ2) is 13.8. The lowest BCUT2D eigenvalue weighted by Crippen LogP contribution is -2.48. The lowest BCUT2D eigenvalue weighted by molar-refractivity contribution is -0.149. The maximum absolute atomic E-state index is 12.7. The highest BCUT2D eigenvalue weighted by Gasteiger charge is 2.33. The number of amides is 1. The van der Waals surface area contributed by atoms with Gasteiger partial charge in [-0.05, 0) is 61.9 Å². The third-order valence-corrected chi connectivity index (χ3v) is 6.24. The molecule has 200 valence electrons. The Kier molecular flexibility index (Phi) is 10.5. The molecule has 0 saturated carbocycles. The minimum absolute atomic E-state index is 0.205. The van der Waals surface area contributed by atoms with Crippen LogP contribution in [-0.4, -0.2) is 52.7 Å². The summed E-state index contributed by atoms with van der Waals surface area (Å²) in [5.41, 5.74) is 2.65. The van der Waals surface area contributed by atoms with Gasteiger partial charge in [0.2, 0.25) is 11.8 Å². The smallest absolute Gasteiger partial charge is 0.326 e. The zero-order chi connectivity index (χ0) is 26.8. The van der Waals surface area contributed by atoms with Crippen LogP contribution in [0.4, 0.5) is 0 Å². The van der Waals surface area contributed by atoms with Gasteiger partial charge in [0.05, 0.1) is 18.9 Å². The number of carbonyl (C=O) groups excluding carboxylic acids is 1. The first kappa shape index (κ1) is 28.2. The van der Waals surface area contributed by atoms with E-state index in [1.54, 1.807) is 6.08 Å². The second-order valence-corrected chi connectivity index (χ2v) is 9.54. The van der Waals surface area contributed by atoms with Crippen LogP contribution in [0.15, 0.2) is 40.8 Å². The molecule has 3 rings (SSSR count). The number of carboxylic acids is 1. The van der Waals surface area contributed by atoms with Crippen molar-refractivity contribution in [1.29, 1.82) is 0 Å². The minimum Gasteiger partial charge on any atom is -0.493 e. The van der Waals surface area contributed by atoms with Crippen molar-refractivity contribution in [2.24, 2.45) is 5.92 Å². The predicted octanol–water partition coefficient (Wildman–Crippen LogP) is 4.98.